The number of carbonyl (C=O) groups is 3. The number of ketones is 1. The first-order chi connectivity index (χ1) is 8.95. The van der Waals surface area contributed by atoms with Gasteiger partial charge in [0.15, 0.2) is 11.9 Å². The van der Waals surface area contributed by atoms with E-state index in [1.807, 2.05) is 6.92 Å². The minimum absolute atomic E-state index is 0.0993. The number of esters is 1. The lowest BCUT2D eigenvalue weighted by atomic mass is 10.3. The molecule has 1 atom stereocenters. The fourth-order valence-corrected chi connectivity index (χ4v) is 2.09. The number of Topliss-reactive ketones (excluding diaryl/α,β-unsaturated/α-hetero) is 1. The fourth-order valence-electron chi connectivity index (χ4n) is 1.30. The quantitative estimate of drug-likeness (QED) is 0.640. The van der Waals surface area contributed by atoms with Gasteiger partial charge in [-0.3, -0.25) is 9.59 Å². The van der Waals surface area contributed by atoms with Crippen molar-refractivity contribution in [3.63, 3.8) is 0 Å². The standard InChI is InChI=1S/C13H17NO4S/c1-4-7-14-12(16)9(3)18-13(17)11-6-5-10(19-11)8(2)15/h5-6,9H,4,7H2,1-3H3,(H,14,16). The summed E-state index contributed by atoms with van der Waals surface area (Å²) in [5, 5.41) is 2.65. The molecular weight excluding hydrogens is 266 g/mol. The Labute approximate surface area is 116 Å². The topological polar surface area (TPSA) is 72.5 Å². The van der Waals surface area contributed by atoms with Crippen molar-refractivity contribution in [1.29, 1.82) is 0 Å². The zero-order chi connectivity index (χ0) is 14.4. The van der Waals surface area contributed by atoms with Crippen LogP contribution in [0, 0.1) is 0 Å². The van der Waals surface area contributed by atoms with Crippen molar-refractivity contribution in [1.82, 2.24) is 5.32 Å². The van der Waals surface area contributed by atoms with E-state index >= 15 is 0 Å². The number of amides is 1. The lowest BCUT2D eigenvalue weighted by Crippen LogP contribution is -2.36. The van der Waals surface area contributed by atoms with Crippen LogP contribution < -0.4 is 5.32 Å². The summed E-state index contributed by atoms with van der Waals surface area (Å²) in [5.74, 6) is -1.01. The highest BCUT2D eigenvalue weighted by Gasteiger charge is 2.20. The van der Waals surface area contributed by atoms with Crippen LogP contribution in [0.2, 0.25) is 0 Å². The normalized spacial score (nSPS) is 11.7. The summed E-state index contributed by atoms with van der Waals surface area (Å²) in [7, 11) is 0. The van der Waals surface area contributed by atoms with Gasteiger partial charge in [0, 0.05) is 6.54 Å². The molecule has 0 bridgehead atoms. The predicted molar refractivity (Wildman–Crippen MR) is 72.5 cm³/mol. The molecule has 0 saturated heterocycles. The summed E-state index contributed by atoms with van der Waals surface area (Å²) in [5.41, 5.74) is 0. The minimum atomic E-state index is -0.845. The summed E-state index contributed by atoms with van der Waals surface area (Å²) in [4.78, 5) is 35.2. The first kappa shape index (κ1) is 15.4. The molecule has 0 saturated carbocycles. The monoisotopic (exact) mass is 283 g/mol. The molecule has 6 heteroatoms. The molecule has 19 heavy (non-hydrogen) atoms. The van der Waals surface area contributed by atoms with Crippen LogP contribution in [0.15, 0.2) is 12.1 Å². The predicted octanol–water partition coefficient (Wildman–Crippen LogP) is 2.02. The average Bonchev–Trinajstić information content (AvgIpc) is 2.85. The third-order valence-corrected chi connectivity index (χ3v) is 3.52. The van der Waals surface area contributed by atoms with Crippen LogP contribution in [-0.2, 0) is 9.53 Å². The highest BCUT2D eigenvalue weighted by Crippen LogP contribution is 2.18. The molecule has 1 N–H and O–H groups in total. The Morgan fingerprint density at radius 3 is 2.47 bits per heavy atom. The Morgan fingerprint density at radius 2 is 1.95 bits per heavy atom. The Hall–Kier alpha value is -1.69. The van der Waals surface area contributed by atoms with Crippen molar-refractivity contribution < 1.29 is 19.1 Å². The molecule has 1 amide bonds. The number of rotatable bonds is 6. The van der Waals surface area contributed by atoms with E-state index in [4.69, 9.17) is 4.74 Å². The van der Waals surface area contributed by atoms with Gasteiger partial charge in [-0.15, -0.1) is 11.3 Å². The van der Waals surface area contributed by atoms with Gasteiger partial charge in [-0.25, -0.2) is 4.79 Å². The molecule has 0 aliphatic carbocycles. The maximum absolute atomic E-state index is 11.8. The number of hydrogen-bond donors (Lipinski definition) is 1. The number of nitrogens with one attached hydrogen (secondary N) is 1. The van der Waals surface area contributed by atoms with Crippen molar-refractivity contribution in [3.05, 3.63) is 21.9 Å². The SMILES string of the molecule is CCCNC(=O)C(C)OC(=O)c1ccc(C(C)=O)s1. The van der Waals surface area contributed by atoms with Gasteiger partial charge < -0.3 is 10.1 Å². The van der Waals surface area contributed by atoms with Crippen molar-refractivity contribution in [3.8, 4) is 0 Å². The summed E-state index contributed by atoms with van der Waals surface area (Å²) in [6.45, 7) is 5.43. The van der Waals surface area contributed by atoms with E-state index in [1.165, 1.54) is 19.9 Å². The van der Waals surface area contributed by atoms with E-state index < -0.39 is 12.1 Å². The van der Waals surface area contributed by atoms with Crippen LogP contribution in [0.1, 0.15) is 46.5 Å². The molecular formula is C13H17NO4S. The molecule has 1 aromatic heterocycles. The van der Waals surface area contributed by atoms with Gasteiger partial charge in [-0.1, -0.05) is 6.92 Å². The summed E-state index contributed by atoms with van der Waals surface area (Å²) in [6.07, 6.45) is -0.0267. The zero-order valence-electron chi connectivity index (χ0n) is 11.2. The average molecular weight is 283 g/mol. The molecule has 0 aliphatic rings. The van der Waals surface area contributed by atoms with E-state index in [0.717, 1.165) is 17.8 Å². The fraction of sp³-hybridized carbons (Fsp3) is 0.462. The number of ether oxygens (including phenoxy) is 1. The Kier molecular flexibility index (Phi) is 5.69. The summed E-state index contributed by atoms with van der Waals surface area (Å²) < 4.78 is 5.04. The van der Waals surface area contributed by atoms with Crippen LogP contribution in [0.3, 0.4) is 0 Å². The lowest BCUT2D eigenvalue weighted by molar-refractivity contribution is -0.129. The molecule has 1 heterocycles. The van der Waals surface area contributed by atoms with Gasteiger partial charge in [0.05, 0.1) is 4.88 Å². The molecule has 0 aromatic carbocycles. The van der Waals surface area contributed by atoms with Crippen LogP contribution in [0.25, 0.3) is 0 Å². The first-order valence-electron chi connectivity index (χ1n) is 6.05. The van der Waals surface area contributed by atoms with E-state index in [-0.39, 0.29) is 11.7 Å². The Morgan fingerprint density at radius 1 is 1.32 bits per heavy atom. The second-order valence-corrected chi connectivity index (χ2v) is 5.14. The van der Waals surface area contributed by atoms with Gasteiger partial charge in [0.25, 0.3) is 5.91 Å². The van der Waals surface area contributed by atoms with E-state index in [1.54, 1.807) is 6.07 Å². The van der Waals surface area contributed by atoms with Crippen molar-refractivity contribution in [2.75, 3.05) is 6.54 Å². The van der Waals surface area contributed by atoms with Crippen LogP contribution >= 0.6 is 11.3 Å². The maximum Gasteiger partial charge on any atom is 0.349 e. The van der Waals surface area contributed by atoms with Crippen molar-refractivity contribution >= 4 is 29.0 Å². The molecule has 104 valence electrons. The Bertz CT molecular complexity index is 481. The van der Waals surface area contributed by atoms with E-state index in [0.29, 0.717) is 16.3 Å². The summed E-state index contributed by atoms with van der Waals surface area (Å²) >= 11 is 1.06. The number of thiophene rings is 1. The zero-order valence-corrected chi connectivity index (χ0v) is 12.0. The van der Waals surface area contributed by atoms with Gasteiger partial charge in [0.2, 0.25) is 0 Å². The highest BCUT2D eigenvalue weighted by atomic mass is 32.1. The maximum atomic E-state index is 11.8. The lowest BCUT2D eigenvalue weighted by Gasteiger charge is -2.12. The van der Waals surface area contributed by atoms with Gasteiger partial charge >= 0.3 is 5.97 Å². The molecule has 0 radical (unpaired) electrons. The molecule has 1 unspecified atom stereocenters. The van der Waals surface area contributed by atoms with Crippen molar-refractivity contribution in [2.24, 2.45) is 0 Å². The second kappa shape index (κ2) is 7.04. The van der Waals surface area contributed by atoms with Gasteiger partial charge in [-0.2, -0.15) is 0 Å². The number of hydrogen-bond acceptors (Lipinski definition) is 5. The van der Waals surface area contributed by atoms with Crippen LogP contribution in [0.5, 0.6) is 0 Å². The summed E-state index contributed by atoms with van der Waals surface area (Å²) in [6, 6.07) is 3.10. The molecule has 0 fully saturated rings. The molecule has 0 spiro atoms. The highest BCUT2D eigenvalue weighted by molar-refractivity contribution is 7.15. The second-order valence-electron chi connectivity index (χ2n) is 4.06. The van der Waals surface area contributed by atoms with Crippen LogP contribution in [0.4, 0.5) is 0 Å². The molecule has 5 nitrogen and oxygen atoms in total. The van der Waals surface area contributed by atoms with E-state index in [9.17, 15) is 14.4 Å². The number of carbonyl (C=O) groups excluding carboxylic acids is 3. The van der Waals surface area contributed by atoms with Crippen molar-refractivity contribution in [2.45, 2.75) is 33.3 Å². The Balaban J connectivity index is 2.58. The third-order valence-electron chi connectivity index (χ3n) is 2.36. The smallest absolute Gasteiger partial charge is 0.349 e. The van der Waals surface area contributed by atoms with Gasteiger partial charge in [-0.05, 0) is 32.4 Å². The largest absolute Gasteiger partial charge is 0.448 e. The molecule has 1 rings (SSSR count). The van der Waals surface area contributed by atoms with E-state index in [2.05, 4.69) is 5.32 Å². The van der Waals surface area contributed by atoms with Gasteiger partial charge in [0.1, 0.15) is 4.88 Å². The first-order valence-corrected chi connectivity index (χ1v) is 6.86. The third kappa shape index (κ3) is 4.48. The minimum Gasteiger partial charge on any atom is -0.448 e. The molecule has 0 aliphatic heterocycles. The molecule has 1 aromatic rings. The van der Waals surface area contributed by atoms with Crippen LogP contribution in [-0.4, -0.2) is 30.3 Å².